The zero-order valence-electron chi connectivity index (χ0n) is 8.85. The smallest absolute Gasteiger partial charge is 0.0991 e. The van der Waals surface area contributed by atoms with Crippen molar-refractivity contribution in [2.45, 2.75) is 9.79 Å². The van der Waals surface area contributed by atoms with Crippen molar-refractivity contribution in [2.75, 3.05) is 5.73 Å². The molecule has 0 heterocycles. The molecule has 2 N–H and O–H groups in total. The Hall–Kier alpha value is -1.44. The van der Waals surface area contributed by atoms with Gasteiger partial charge in [-0.25, -0.2) is 0 Å². The fraction of sp³-hybridized carbons (Fsp3) is 0. The maximum absolute atomic E-state index is 8.71. The third-order valence-electron chi connectivity index (χ3n) is 2.19. The third kappa shape index (κ3) is 3.02. The van der Waals surface area contributed by atoms with E-state index < -0.39 is 0 Å². The minimum Gasteiger partial charge on any atom is -0.398 e. The average molecular weight is 305 g/mol. The van der Waals surface area contributed by atoms with Gasteiger partial charge in [-0.2, -0.15) is 5.26 Å². The molecule has 17 heavy (non-hydrogen) atoms. The van der Waals surface area contributed by atoms with Crippen molar-refractivity contribution >= 4 is 33.4 Å². The first-order chi connectivity index (χ1) is 8.19. The monoisotopic (exact) mass is 304 g/mol. The highest BCUT2D eigenvalue weighted by atomic mass is 79.9. The molecule has 2 rings (SSSR count). The Bertz CT molecular complexity index is 573. The van der Waals surface area contributed by atoms with Gasteiger partial charge in [0.15, 0.2) is 0 Å². The first kappa shape index (κ1) is 12.0. The van der Waals surface area contributed by atoms with Crippen LogP contribution in [0.5, 0.6) is 0 Å². The molecule has 0 aliphatic rings. The normalized spacial score (nSPS) is 9.88. The second-order valence-corrected chi connectivity index (χ2v) is 5.42. The van der Waals surface area contributed by atoms with Crippen LogP contribution in [0.15, 0.2) is 56.7 Å². The van der Waals surface area contributed by atoms with Crippen LogP contribution in [0.3, 0.4) is 0 Å². The van der Waals surface area contributed by atoms with Crippen LogP contribution < -0.4 is 5.73 Å². The minimum atomic E-state index is 0.674. The Morgan fingerprint density at radius 1 is 1.06 bits per heavy atom. The van der Waals surface area contributed by atoms with Gasteiger partial charge in [-0.15, -0.1) is 0 Å². The van der Waals surface area contributed by atoms with Crippen molar-refractivity contribution in [1.82, 2.24) is 0 Å². The van der Waals surface area contributed by atoms with E-state index in [2.05, 4.69) is 22.0 Å². The summed E-state index contributed by atoms with van der Waals surface area (Å²) < 4.78 is 0.899. The maximum atomic E-state index is 8.71. The quantitative estimate of drug-likeness (QED) is 0.851. The highest BCUT2D eigenvalue weighted by Crippen LogP contribution is 2.31. The van der Waals surface area contributed by atoms with Crippen molar-refractivity contribution in [3.8, 4) is 6.07 Å². The molecular weight excluding hydrogens is 296 g/mol. The summed E-state index contributed by atoms with van der Waals surface area (Å²) in [6.45, 7) is 0. The molecule has 4 heteroatoms. The van der Waals surface area contributed by atoms with Crippen LogP contribution in [0.1, 0.15) is 5.56 Å². The molecule has 2 nitrogen and oxygen atoms in total. The van der Waals surface area contributed by atoms with Crippen LogP contribution in [0.25, 0.3) is 0 Å². The van der Waals surface area contributed by atoms with Crippen LogP contribution in [0.4, 0.5) is 5.69 Å². The lowest BCUT2D eigenvalue weighted by molar-refractivity contribution is 1.38. The summed E-state index contributed by atoms with van der Waals surface area (Å²) >= 11 is 5.04. The molecule has 0 saturated heterocycles. The third-order valence-corrected chi connectivity index (χ3v) is 3.88. The largest absolute Gasteiger partial charge is 0.398 e. The molecule has 0 amide bonds. The maximum Gasteiger partial charge on any atom is 0.0991 e. The van der Waals surface area contributed by atoms with Crippen molar-refractivity contribution in [1.29, 1.82) is 5.26 Å². The number of hydrogen-bond acceptors (Lipinski definition) is 3. The van der Waals surface area contributed by atoms with Crippen LogP contribution in [-0.4, -0.2) is 0 Å². The molecule has 2 aromatic rings. The number of halogens is 1. The van der Waals surface area contributed by atoms with Crippen molar-refractivity contribution in [2.24, 2.45) is 0 Å². The number of benzene rings is 2. The molecule has 84 valence electrons. The van der Waals surface area contributed by atoms with E-state index in [9.17, 15) is 0 Å². The molecule has 0 unspecified atom stereocenters. The van der Waals surface area contributed by atoms with Gasteiger partial charge in [0.05, 0.1) is 11.6 Å². The van der Waals surface area contributed by atoms with E-state index in [1.165, 1.54) is 0 Å². The molecule has 0 saturated carbocycles. The second kappa shape index (κ2) is 5.26. The average Bonchev–Trinajstić information content (AvgIpc) is 2.35. The van der Waals surface area contributed by atoms with Crippen molar-refractivity contribution in [3.05, 3.63) is 52.5 Å². The number of nitrogens with two attached hydrogens (primary N) is 1. The Balaban J connectivity index is 2.20. The van der Waals surface area contributed by atoms with E-state index in [0.29, 0.717) is 5.56 Å². The molecule has 0 atom stereocenters. The molecule has 0 fully saturated rings. The predicted octanol–water partition coefficient (Wildman–Crippen LogP) is 4.05. The molecule has 0 radical (unpaired) electrons. The van der Waals surface area contributed by atoms with E-state index in [4.69, 9.17) is 11.0 Å². The molecule has 0 spiro atoms. The van der Waals surface area contributed by atoms with Gasteiger partial charge >= 0.3 is 0 Å². The first-order valence-corrected chi connectivity index (χ1v) is 6.53. The second-order valence-electron chi connectivity index (χ2n) is 3.42. The van der Waals surface area contributed by atoms with Gasteiger partial charge in [-0.05, 0) is 58.4 Å². The minimum absolute atomic E-state index is 0.674. The van der Waals surface area contributed by atoms with Gasteiger partial charge in [-0.3, -0.25) is 0 Å². The fourth-order valence-corrected chi connectivity index (χ4v) is 2.69. The summed E-state index contributed by atoms with van der Waals surface area (Å²) in [5, 5.41) is 8.71. The summed E-state index contributed by atoms with van der Waals surface area (Å²) in [4.78, 5) is 2.21. The van der Waals surface area contributed by atoms with E-state index in [1.807, 2.05) is 42.5 Å². The number of hydrogen-bond donors (Lipinski definition) is 1. The first-order valence-electron chi connectivity index (χ1n) is 4.92. The molecule has 0 bridgehead atoms. The summed E-state index contributed by atoms with van der Waals surface area (Å²) in [5.74, 6) is 0. The molecule has 0 aromatic heterocycles. The number of nitrogen functional groups attached to an aromatic ring is 1. The Morgan fingerprint density at radius 3 is 2.29 bits per heavy atom. The summed E-state index contributed by atoms with van der Waals surface area (Å²) in [7, 11) is 0. The predicted molar refractivity (Wildman–Crippen MR) is 73.8 cm³/mol. The van der Waals surface area contributed by atoms with E-state index in [0.717, 1.165) is 20.0 Å². The van der Waals surface area contributed by atoms with Crippen LogP contribution in [0.2, 0.25) is 0 Å². The lowest BCUT2D eigenvalue weighted by Crippen LogP contribution is -1.85. The van der Waals surface area contributed by atoms with Gasteiger partial charge in [0.2, 0.25) is 0 Å². The van der Waals surface area contributed by atoms with Crippen LogP contribution in [-0.2, 0) is 0 Å². The molecule has 2 aromatic carbocycles. The highest BCUT2D eigenvalue weighted by Gasteiger charge is 2.01. The van der Waals surface area contributed by atoms with E-state index in [1.54, 1.807) is 11.8 Å². The number of nitriles is 1. The van der Waals surface area contributed by atoms with Gasteiger partial charge in [0.1, 0.15) is 0 Å². The van der Waals surface area contributed by atoms with Crippen LogP contribution in [0, 0.1) is 11.3 Å². The lowest BCUT2D eigenvalue weighted by Gasteiger charge is -2.04. The Kier molecular flexibility index (Phi) is 3.72. The molecule has 0 aliphatic heterocycles. The number of rotatable bonds is 2. The van der Waals surface area contributed by atoms with Crippen LogP contribution >= 0.6 is 27.7 Å². The van der Waals surface area contributed by atoms with Crippen molar-refractivity contribution < 1.29 is 0 Å². The highest BCUT2D eigenvalue weighted by molar-refractivity contribution is 9.10. The topological polar surface area (TPSA) is 49.8 Å². The number of nitrogens with zero attached hydrogens (tertiary/aromatic N) is 1. The SMILES string of the molecule is N#Cc1ccc(Sc2ccc(N)c(Br)c2)cc1. The van der Waals surface area contributed by atoms with Crippen molar-refractivity contribution in [3.63, 3.8) is 0 Å². The Labute approximate surface area is 113 Å². The van der Waals surface area contributed by atoms with Gasteiger partial charge in [0, 0.05) is 20.0 Å². The molecule has 0 aliphatic carbocycles. The van der Waals surface area contributed by atoms with Gasteiger partial charge in [0.25, 0.3) is 0 Å². The Morgan fingerprint density at radius 2 is 1.71 bits per heavy atom. The summed E-state index contributed by atoms with van der Waals surface area (Å²) in [6.07, 6.45) is 0. The zero-order valence-corrected chi connectivity index (χ0v) is 11.3. The van der Waals surface area contributed by atoms with E-state index in [-0.39, 0.29) is 0 Å². The zero-order chi connectivity index (χ0) is 12.3. The molecular formula is C13H9BrN2S. The lowest BCUT2D eigenvalue weighted by atomic mass is 10.2. The summed E-state index contributed by atoms with van der Waals surface area (Å²) in [6, 6.07) is 15.4. The standard InChI is InChI=1S/C13H9BrN2S/c14-12-7-11(5-6-13(12)16)17-10-3-1-9(8-15)2-4-10/h1-7H,16H2. The van der Waals surface area contributed by atoms with Gasteiger partial charge in [-0.1, -0.05) is 11.8 Å². The number of anilines is 1. The van der Waals surface area contributed by atoms with Gasteiger partial charge < -0.3 is 5.73 Å². The summed E-state index contributed by atoms with van der Waals surface area (Å²) in [5.41, 5.74) is 7.13. The van der Waals surface area contributed by atoms with E-state index >= 15 is 0 Å². The fourth-order valence-electron chi connectivity index (χ4n) is 1.30.